The zero-order valence-electron chi connectivity index (χ0n) is 13.1. The monoisotopic (exact) mass is 324 g/mol. The maximum Gasteiger partial charge on any atom is 0.240 e. The highest BCUT2D eigenvalue weighted by molar-refractivity contribution is 7.89. The minimum Gasteiger partial charge on any atom is -0.355 e. The second-order valence-electron chi connectivity index (χ2n) is 6.24. The number of carbonyl (C=O) groups excluding carboxylic acids is 1. The number of hydrogen-bond acceptors (Lipinski definition) is 3. The van der Waals surface area contributed by atoms with E-state index >= 15 is 0 Å². The predicted octanol–water partition coefficient (Wildman–Crippen LogP) is 1.83. The zero-order chi connectivity index (χ0) is 16.2. The molecule has 1 atom stereocenters. The largest absolute Gasteiger partial charge is 0.355 e. The van der Waals surface area contributed by atoms with E-state index in [1.165, 1.54) is 0 Å². The lowest BCUT2D eigenvalue weighted by atomic mass is 10.0. The molecule has 0 radical (unpaired) electrons. The third kappa shape index (κ3) is 4.81. The summed E-state index contributed by atoms with van der Waals surface area (Å²) in [5, 5.41) is 2.68. The summed E-state index contributed by atoms with van der Waals surface area (Å²) in [5.41, 5.74) is 1.15. The second kappa shape index (κ2) is 7.24. The van der Waals surface area contributed by atoms with Gasteiger partial charge in [-0.2, -0.15) is 0 Å². The molecule has 1 saturated heterocycles. The van der Waals surface area contributed by atoms with E-state index < -0.39 is 10.0 Å². The summed E-state index contributed by atoms with van der Waals surface area (Å²) >= 11 is 0. The van der Waals surface area contributed by atoms with Crippen LogP contribution in [0.25, 0.3) is 0 Å². The minimum atomic E-state index is -3.53. The average Bonchev–Trinajstić information content (AvgIpc) is 2.48. The molecule has 1 aliphatic rings. The van der Waals surface area contributed by atoms with Crippen molar-refractivity contribution < 1.29 is 13.2 Å². The van der Waals surface area contributed by atoms with Gasteiger partial charge in [0.15, 0.2) is 0 Å². The Kier molecular flexibility index (Phi) is 5.58. The van der Waals surface area contributed by atoms with Gasteiger partial charge in [-0.3, -0.25) is 4.79 Å². The third-order valence-corrected chi connectivity index (χ3v) is 5.37. The Morgan fingerprint density at radius 2 is 1.95 bits per heavy atom. The maximum atomic E-state index is 12.3. The Balaban J connectivity index is 1.98. The van der Waals surface area contributed by atoms with Crippen molar-refractivity contribution in [2.45, 2.75) is 50.5 Å². The fraction of sp³-hybridized carbons (Fsp3) is 0.562. The molecule has 2 N–H and O–H groups in total. The molecule has 1 heterocycles. The molecule has 0 bridgehead atoms. The predicted molar refractivity (Wildman–Crippen MR) is 86.0 cm³/mol. The minimum absolute atomic E-state index is 0.0232. The van der Waals surface area contributed by atoms with Crippen LogP contribution < -0.4 is 10.0 Å². The summed E-state index contributed by atoms with van der Waals surface area (Å²) < 4.78 is 27.3. The van der Waals surface area contributed by atoms with Crippen molar-refractivity contribution in [3.8, 4) is 0 Å². The first-order valence-corrected chi connectivity index (χ1v) is 9.23. The highest BCUT2D eigenvalue weighted by atomic mass is 32.2. The van der Waals surface area contributed by atoms with Gasteiger partial charge in [-0.25, -0.2) is 13.1 Å². The van der Waals surface area contributed by atoms with E-state index in [0.717, 1.165) is 18.4 Å². The summed E-state index contributed by atoms with van der Waals surface area (Å²) in [5.74, 6) is 0.608. The first-order chi connectivity index (χ1) is 10.4. The van der Waals surface area contributed by atoms with E-state index in [0.29, 0.717) is 25.3 Å². The number of nitrogens with one attached hydrogen (secondary N) is 2. The van der Waals surface area contributed by atoms with Crippen molar-refractivity contribution >= 4 is 15.9 Å². The molecule has 1 aromatic rings. The lowest BCUT2D eigenvalue weighted by Gasteiger charge is -2.23. The van der Waals surface area contributed by atoms with E-state index in [1.54, 1.807) is 12.1 Å². The van der Waals surface area contributed by atoms with Crippen LogP contribution in [-0.2, 0) is 21.2 Å². The van der Waals surface area contributed by atoms with E-state index in [2.05, 4.69) is 23.9 Å². The van der Waals surface area contributed by atoms with Gasteiger partial charge >= 0.3 is 0 Å². The number of benzene rings is 1. The summed E-state index contributed by atoms with van der Waals surface area (Å²) in [6.07, 6.45) is 2.95. The Hall–Kier alpha value is -1.40. The Morgan fingerprint density at radius 3 is 2.50 bits per heavy atom. The smallest absolute Gasteiger partial charge is 0.240 e. The molecule has 6 heteroatoms. The average molecular weight is 324 g/mol. The van der Waals surface area contributed by atoms with Gasteiger partial charge in [-0.05, 0) is 42.9 Å². The molecule has 0 aliphatic carbocycles. The number of sulfonamides is 1. The molecule has 2 rings (SSSR count). The number of aryl methyl sites for hydroxylation is 1. The molecule has 122 valence electrons. The van der Waals surface area contributed by atoms with Gasteiger partial charge in [0.05, 0.1) is 4.90 Å². The number of amides is 1. The molecule has 1 aliphatic heterocycles. The van der Waals surface area contributed by atoms with Crippen molar-refractivity contribution in [2.75, 3.05) is 6.54 Å². The molecule has 5 nitrogen and oxygen atoms in total. The molecule has 1 aromatic carbocycles. The van der Waals surface area contributed by atoms with Crippen molar-refractivity contribution in [2.24, 2.45) is 5.92 Å². The lowest BCUT2D eigenvalue weighted by molar-refractivity contribution is -0.122. The van der Waals surface area contributed by atoms with E-state index in [9.17, 15) is 13.2 Å². The van der Waals surface area contributed by atoms with Gasteiger partial charge in [0.25, 0.3) is 0 Å². The highest BCUT2D eigenvalue weighted by Crippen LogP contribution is 2.15. The van der Waals surface area contributed by atoms with Gasteiger partial charge in [-0.1, -0.05) is 26.0 Å². The topological polar surface area (TPSA) is 75.3 Å². The van der Waals surface area contributed by atoms with Crippen LogP contribution in [0, 0.1) is 5.92 Å². The Labute approximate surface area is 132 Å². The van der Waals surface area contributed by atoms with Gasteiger partial charge in [-0.15, -0.1) is 0 Å². The Bertz CT molecular complexity index is 599. The first-order valence-electron chi connectivity index (χ1n) is 7.75. The highest BCUT2D eigenvalue weighted by Gasteiger charge is 2.24. The van der Waals surface area contributed by atoms with Crippen LogP contribution in [0.4, 0.5) is 0 Å². The van der Waals surface area contributed by atoms with Crippen LogP contribution in [0.15, 0.2) is 29.2 Å². The number of carbonyl (C=O) groups is 1. The number of hydrogen-bond donors (Lipinski definition) is 2. The zero-order valence-corrected chi connectivity index (χ0v) is 13.9. The van der Waals surface area contributed by atoms with Gasteiger partial charge in [0.1, 0.15) is 0 Å². The quantitative estimate of drug-likeness (QED) is 0.838. The molecule has 0 saturated carbocycles. The summed E-state index contributed by atoms with van der Waals surface area (Å²) in [7, 11) is -3.53. The fourth-order valence-corrected chi connectivity index (χ4v) is 3.68. The van der Waals surface area contributed by atoms with E-state index in [-0.39, 0.29) is 16.8 Å². The van der Waals surface area contributed by atoms with E-state index in [1.807, 2.05) is 12.1 Å². The molecular weight excluding hydrogens is 300 g/mol. The molecule has 0 unspecified atom stereocenters. The summed E-state index contributed by atoms with van der Waals surface area (Å²) in [6, 6.07) is 6.82. The van der Waals surface area contributed by atoms with Crippen LogP contribution in [0.2, 0.25) is 0 Å². The van der Waals surface area contributed by atoms with Crippen molar-refractivity contribution in [3.63, 3.8) is 0 Å². The molecule has 0 aromatic heterocycles. The van der Waals surface area contributed by atoms with E-state index in [4.69, 9.17) is 0 Å². The summed E-state index contributed by atoms with van der Waals surface area (Å²) in [4.78, 5) is 11.4. The lowest BCUT2D eigenvalue weighted by Crippen LogP contribution is -2.47. The Morgan fingerprint density at radius 1 is 1.27 bits per heavy atom. The molecular formula is C16H24N2O3S. The van der Waals surface area contributed by atoms with Gasteiger partial charge in [0.2, 0.25) is 15.9 Å². The third-order valence-electron chi connectivity index (χ3n) is 3.83. The van der Waals surface area contributed by atoms with Crippen LogP contribution in [0.3, 0.4) is 0 Å². The van der Waals surface area contributed by atoms with Crippen molar-refractivity contribution in [3.05, 3.63) is 29.8 Å². The molecule has 1 amide bonds. The van der Waals surface area contributed by atoms with Crippen LogP contribution in [0.5, 0.6) is 0 Å². The van der Waals surface area contributed by atoms with Crippen molar-refractivity contribution in [1.29, 1.82) is 0 Å². The molecule has 1 fully saturated rings. The van der Waals surface area contributed by atoms with Crippen molar-refractivity contribution in [1.82, 2.24) is 10.0 Å². The molecule has 22 heavy (non-hydrogen) atoms. The molecule has 0 spiro atoms. The summed E-state index contributed by atoms with van der Waals surface area (Å²) in [6.45, 7) is 4.70. The maximum absolute atomic E-state index is 12.3. The van der Waals surface area contributed by atoms with Gasteiger partial charge < -0.3 is 5.32 Å². The standard InChI is InChI=1S/C16H24N2O3S/c1-12(2)3-4-13-5-8-15(9-6-13)22(20,21)18-14-7-10-16(19)17-11-14/h5-6,8-9,12,14,18H,3-4,7,10-11H2,1-2H3,(H,17,19)/t14-/m0/s1. The number of rotatable bonds is 6. The fourth-order valence-electron chi connectivity index (χ4n) is 2.41. The van der Waals surface area contributed by atoms with Gasteiger partial charge in [0, 0.05) is 19.0 Å². The number of piperidine rings is 1. The SMILES string of the molecule is CC(C)CCc1ccc(S(=O)(=O)N[C@H]2CCC(=O)NC2)cc1. The second-order valence-corrected chi connectivity index (χ2v) is 7.95. The van der Waals surface area contributed by atoms with Crippen LogP contribution in [0.1, 0.15) is 38.7 Å². The van der Waals surface area contributed by atoms with Crippen LogP contribution >= 0.6 is 0 Å². The normalized spacial score (nSPS) is 19.2. The first kappa shape index (κ1) is 17.0. The van der Waals surface area contributed by atoms with Crippen LogP contribution in [-0.4, -0.2) is 26.9 Å².